The van der Waals surface area contributed by atoms with Crippen molar-refractivity contribution in [2.24, 2.45) is 0 Å². The minimum absolute atomic E-state index is 0.234. The van der Waals surface area contributed by atoms with E-state index in [-0.39, 0.29) is 6.54 Å². The van der Waals surface area contributed by atoms with E-state index >= 15 is 0 Å². The molecule has 0 saturated carbocycles. The first-order chi connectivity index (χ1) is 9.49. The zero-order valence-corrected chi connectivity index (χ0v) is 13.0. The van der Waals surface area contributed by atoms with Crippen LogP contribution < -0.4 is 14.8 Å². The predicted octanol–water partition coefficient (Wildman–Crippen LogP) is 0.898. The van der Waals surface area contributed by atoms with Crippen LogP contribution in [0, 0.1) is 0 Å². The van der Waals surface area contributed by atoms with Crippen LogP contribution >= 0.6 is 0 Å². The molecule has 2 N–H and O–H groups in total. The van der Waals surface area contributed by atoms with Crippen molar-refractivity contribution in [3.63, 3.8) is 0 Å². The maximum absolute atomic E-state index is 12.0. The van der Waals surface area contributed by atoms with E-state index in [9.17, 15) is 8.42 Å². The Balaban J connectivity index is 2.49. The molecule has 0 aliphatic carbocycles. The van der Waals surface area contributed by atoms with Gasteiger partial charge >= 0.3 is 0 Å². The topological polar surface area (TPSA) is 80.3 Å². The largest absolute Gasteiger partial charge is 0.481 e. The summed E-state index contributed by atoms with van der Waals surface area (Å²) in [5.41, 5.74) is 0.795. The lowest BCUT2D eigenvalue weighted by atomic mass is 10.3. The van der Waals surface area contributed by atoms with E-state index in [0.29, 0.717) is 12.4 Å². The van der Waals surface area contributed by atoms with Crippen LogP contribution in [0.15, 0.2) is 18.3 Å². The Morgan fingerprint density at radius 2 is 2.15 bits per heavy atom. The maximum atomic E-state index is 12.0. The molecule has 0 amide bonds. The van der Waals surface area contributed by atoms with Gasteiger partial charge in [-0.1, -0.05) is 13.0 Å². The number of methoxy groups -OCH3 is 1. The van der Waals surface area contributed by atoms with Crippen LogP contribution in [0.1, 0.15) is 25.8 Å². The van der Waals surface area contributed by atoms with Gasteiger partial charge in [-0.05, 0) is 25.5 Å². The Labute approximate surface area is 121 Å². The smallest absolute Gasteiger partial charge is 0.215 e. The Kier molecular flexibility index (Phi) is 6.90. The highest BCUT2D eigenvalue weighted by molar-refractivity contribution is 7.90. The summed E-state index contributed by atoms with van der Waals surface area (Å²) in [6, 6.07) is 3.49. The van der Waals surface area contributed by atoms with Gasteiger partial charge in [0.2, 0.25) is 15.9 Å². The fourth-order valence-corrected chi connectivity index (χ4v) is 2.54. The molecule has 1 unspecified atom stereocenters. The second-order valence-corrected chi connectivity index (χ2v) is 6.77. The van der Waals surface area contributed by atoms with Crippen LogP contribution in [0.3, 0.4) is 0 Å². The van der Waals surface area contributed by atoms with Gasteiger partial charge in [-0.2, -0.15) is 0 Å². The highest BCUT2D eigenvalue weighted by atomic mass is 32.2. The quantitative estimate of drug-likeness (QED) is 0.662. The molecule has 0 spiro atoms. The fraction of sp³-hybridized carbons (Fsp3) is 0.615. The number of nitrogens with one attached hydrogen (secondary N) is 2. The van der Waals surface area contributed by atoms with E-state index in [1.165, 1.54) is 7.11 Å². The molecule has 20 heavy (non-hydrogen) atoms. The van der Waals surface area contributed by atoms with E-state index in [4.69, 9.17) is 4.74 Å². The number of ether oxygens (including phenoxy) is 1. The normalized spacial score (nSPS) is 13.2. The molecule has 1 rings (SSSR count). The highest BCUT2D eigenvalue weighted by Gasteiger charge is 2.19. The van der Waals surface area contributed by atoms with Crippen LogP contribution in [0.4, 0.5) is 0 Å². The summed E-state index contributed by atoms with van der Waals surface area (Å²) in [5, 5.41) is 2.63. The van der Waals surface area contributed by atoms with Crippen molar-refractivity contribution in [1.82, 2.24) is 15.0 Å². The molecule has 7 heteroatoms. The van der Waals surface area contributed by atoms with E-state index in [1.54, 1.807) is 25.3 Å². The Morgan fingerprint density at radius 1 is 1.40 bits per heavy atom. The molecule has 0 fully saturated rings. The van der Waals surface area contributed by atoms with Crippen molar-refractivity contribution >= 4 is 10.0 Å². The molecule has 1 aromatic heterocycles. The maximum Gasteiger partial charge on any atom is 0.215 e. The molecule has 0 bridgehead atoms. The molecule has 1 atom stereocenters. The molecule has 0 aliphatic rings. The number of hydrogen-bond donors (Lipinski definition) is 2. The van der Waals surface area contributed by atoms with Crippen molar-refractivity contribution in [2.45, 2.75) is 32.1 Å². The Morgan fingerprint density at radius 3 is 2.70 bits per heavy atom. The van der Waals surface area contributed by atoms with Gasteiger partial charge in [-0.15, -0.1) is 0 Å². The second-order valence-electron chi connectivity index (χ2n) is 4.59. The minimum Gasteiger partial charge on any atom is -0.481 e. The molecule has 0 aromatic carbocycles. The van der Waals surface area contributed by atoms with Gasteiger partial charge in [0, 0.05) is 25.4 Å². The molecule has 6 nitrogen and oxygen atoms in total. The van der Waals surface area contributed by atoms with Crippen molar-refractivity contribution in [3.8, 4) is 5.88 Å². The molecular weight excluding hydrogens is 278 g/mol. The van der Waals surface area contributed by atoms with Crippen molar-refractivity contribution in [3.05, 3.63) is 23.9 Å². The zero-order valence-electron chi connectivity index (χ0n) is 12.2. The van der Waals surface area contributed by atoms with Gasteiger partial charge in [0.15, 0.2) is 0 Å². The van der Waals surface area contributed by atoms with Gasteiger partial charge < -0.3 is 10.1 Å². The molecule has 0 saturated heterocycles. The third-order valence-corrected chi connectivity index (χ3v) is 4.65. The fourth-order valence-electron chi connectivity index (χ4n) is 1.55. The standard InChI is InChI=1S/C13H23N3O3S/c1-4-7-14-8-11(2)20(17,18)16-10-12-5-6-13(19-3)15-9-12/h5-6,9,11,14,16H,4,7-8,10H2,1-3H3. The van der Waals surface area contributed by atoms with Gasteiger partial charge in [0.05, 0.1) is 12.4 Å². The average molecular weight is 301 g/mol. The number of sulfonamides is 1. The van der Waals surface area contributed by atoms with Crippen LogP contribution in [0.5, 0.6) is 5.88 Å². The monoisotopic (exact) mass is 301 g/mol. The van der Waals surface area contributed by atoms with Gasteiger partial charge in [0.25, 0.3) is 0 Å². The van der Waals surface area contributed by atoms with Gasteiger partial charge in [-0.25, -0.2) is 18.1 Å². The molecule has 0 radical (unpaired) electrons. The van der Waals surface area contributed by atoms with Crippen LogP contribution in [-0.2, 0) is 16.6 Å². The lowest BCUT2D eigenvalue weighted by molar-refractivity contribution is 0.397. The third kappa shape index (κ3) is 5.44. The summed E-state index contributed by atoms with van der Waals surface area (Å²) in [4.78, 5) is 4.03. The van der Waals surface area contributed by atoms with Crippen LogP contribution in [-0.4, -0.2) is 38.9 Å². The number of nitrogens with zero attached hydrogens (tertiary/aromatic N) is 1. The summed E-state index contributed by atoms with van der Waals surface area (Å²) < 4.78 is 31.6. The molecule has 1 heterocycles. The SMILES string of the molecule is CCCNCC(C)S(=O)(=O)NCc1ccc(OC)nc1. The molecular formula is C13H23N3O3S. The summed E-state index contributed by atoms with van der Waals surface area (Å²) in [7, 11) is -1.79. The average Bonchev–Trinajstić information content (AvgIpc) is 2.46. The number of hydrogen-bond acceptors (Lipinski definition) is 5. The summed E-state index contributed by atoms with van der Waals surface area (Å²) in [6.07, 6.45) is 2.58. The summed E-state index contributed by atoms with van der Waals surface area (Å²) in [6.45, 7) is 5.24. The third-order valence-electron chi connectivity index (χ3n) is 2.87. The number of rotatable bonds is 9. The second kappa shape index (κ2) is 8.18. The first-order valence-corrected chi connectivity index (χ1v) is 8.22. The molecule has 114 valence electrons. The number of aromatic nitrogens is 1. The first-order valence-electron chi connectivity index (χ1n) is 6.67. The summed E-state index contributed by atoms with van der Waals surface area (Å²) in [5.74, 6) is 0.508. The van der Waals surface area contributed by atoms with Crippen LogP contribution in [0.2, 0.25) is 0 Å². The van der Waals surface area contributed by atoms with Crippen molar-refractivity contribution < 1.29 is 13.2 Å². The van der Waals surface area contributed by atoms with Gasteiger partial charge in [0.1, 0.15) is 0 Å². The van der Waals surface area contributed by atoms with E-state index in [0.717, 1.165) is 18.5 Å². The highest BCUT2D eigenvalue weighted by Crippen LogP contribution is 2.07. The molecule has 0 aliphatic heterocycles. The minimum atomic E-state index is -3.33. The Bertz CT molecular complexity index is 488. The van der Waals surface area contributed by atoms with E-state index in [1.807, 2.05) is 6.92 Å². The van der Waals surface area contributed by atoms with Crippen molar-refractivity contribution in [1.29, 1.82) is 0 Å². The molecule has 1 aromatic rings. The van der Waals surface area contributed by atoms with Gasteiger partial charge in [-0.3, -0.25) is 0 Å². The predicted molar refractivity (Wildman–Crippen MR) is 79.2 cm³/mol. The van der Waals surface area contributed by atoms with Crippen molar-refractivity contribution in [2.75, 3.05) is 20.2 Å². The Hall–Kier alpha value is -1.18. The summed E-state index contributed by atoms with van der Waals surface area (Å²) >= 11 is 0. The lowest BCUT2D eigenvalue weighted by Gasteiger charge is -2.14. The zero-order chi connectivity index (χ0) is 15.0. The lowest BCUT2D eigenvalue weighted by Crippen LogP contribution is -2.38. The number of pyridine rings is 1. The first kappa shape index (κ1) is 16.9. The van der Waals surface area contributed by atoms with E-state index in [2.05, 4.69) is 15.0 Å². The van der Waals surface area contributed by atoms with E-state index < -0.39 is 15.3 Å². The van der Waals surface area contributed by atoms with Crippen LogP contribution in [0.25, 0.3) is 0 Å².